The number of nitrogens with one attached hydrogen (secondary N) is 1. The summed E-state index contributed by atoms with van der Waals surface area (Å²) in [5.74, 6) is -0.282. The molecule has 1 saturated heterocycles. The summed E-state index contributed by atoms with van der Waals surface area (Å²) < 4.78 is 15.3. The Kier molecular flexibility index (Phi) is 5.83. The van der Waals surface area contributed by atoms with Crippen molar-refractivity contribution in [3.05, 3.63) is 47.7 Å². The smallest absolute Gasteiger partial charge is 0.256 e. The van der Waals surface area contributed by atoms with Crippen LogP contribution in [0.4, 0.5) is 10.2 Å². The van der Waals surface area contributed by atoms with Gasteiger partial charge in [0.05, 0.1) is 18.4 Å². The number of hydrogen-bond donors (Lipinski definition) is 2. The molecule has 1 amide bonds. The van der Waals surface area contributed by atoms with Crippen molar-refractivity contribution in [1.29, 1.82) is 0 Å². The molecule has 1 atom stereocenters. The summed E-state index contributed by atoms with van der Waals surface area (Å²) in [5.41, 5.74) is 1.18. The zero-order chi connectivity index (χ0) is 22.2. The van der Waals surface area contributed by atoms with E-state index in [1.807, 2.05) is 4.90 Å². The maximum Gasteiger partial charge on any atom is 0.256 e. The van der Waals surface area contributed by atoms with E-state index in [0.29, 0.717) is 35.7 Å². The fraction of sp³-hybridized carbons (Fsp3) is 0.429. The lowest BCUT2D eigenvalue weighted by Gasteiger charge is -2.26. The Balaban J connectivity index is 1.64. The quantitative estimate of drug-likeness (QED) is 0.513. The summed E-state index contributed by atoms with van der Waals surface area (Å²) in [4.78, 5) is 23.2. The highest BCUT2D eigenvalue weighted by molar-refractivity contribution is 9.09. The number of carbonyl (C=O) groups is 1. The summed E-state index contributed by atoms with van der Waals surface area (Å²) in [5, 5.41) is 18.1. The van der Waals surface area contributed by atoms with Gasteiger partial charge in [0, 0.05) is 30.2 Å². The van der Waals surface area contributed by atoms with Gasteiger partial charge in [-0.3, -0.25) is 4.79 Å². The molecule has 0 aliphatic carbocycles. The topological polar surface area (TPSA) is 95.7 Å². The molecule has 1 unspecified atom stereocenters. The number of hydrogen-bond acceptors (Lipinski definition) is 6. The average Bonchev–Trinajstić information content (AvgIpc) is 3.40. The molecular formula is C21H24BrFN6O2. The second kappa shape index (κ2) is 8.41. The van der Waals surface area contributed by atoms with Gasteiger partial charge in [0.2, 0.25) is 5.88 Å². The van der Waals surface area contributed by atoms with Crippen molar-refractivity contribution in [3.63, 3.8) is 0 Å². The highest BCUT2D eigenvalue weighted by Gasteiger charge is 2.30. The summed E-state index contributed by atoms with van der Waals surface area (Å²) in [7, 11) is 0. The molecule has 10 heteroatoms. The fourth-order valence-corrected chi connectivity index (χ4v) is 3.90. The molecular weight excluding hydrogens is 467 g/mol. The van der Waals surface area contributed by atoms with Crippen molar-refractivity contribution in [3.8, 4) is 5.88 Å². The van der Waals surface area contributed by atoms with Crippen LogP contribution in [0.2, 0.25) is 0 Å². The lowest BCUT2D eigenvalue weighted by atomic mass is 9.97. The van der Waals surface area contributed by atoms with Crippen molar-refractivity contribution in [2.75, 3.05) is 23.3 Å². The largest absolute Gasteiger partial charge is 0.493 e. The third-order valence-electron chi connectivity index (χ3n) is 5.46. The first kappa shape index (κ1) is 21.5. The Morgan fingerprint density at radius 1 is 1.42 bits per heavy atom. The molecule has 2 N–H and O–H groups in total. The SMILES string of the molecule is CC(C)(CBr)CNC(=O)c1cnn2ccc(N3CCCC3c3cc(F)cnc3O)nc12. The molecule has 0 radical (unpaired) electrons. The number of amides is 1. The first-order valence-electron chi connectivity index (χ1n) is 10.1. The van der Waals surface area contributed by atoms with Crippen LogP contribution in [0.3, 0.4) is 0 Å². The number of fused-ring (bicyclic) bond motifs is 1. The molecule has 3 aromatic rings. The van der Waals surface area contributed by atoms with Crippen LogP contribution < -0.4 is 10.2 Å². The van der Waals surface area contributed by atoms with Crippen LogP contribution >= 0.6 is 15.9 Å². The predicted octanol–water partition coefficient (Wildman–Crippen LogP) is 3.46. The zero-order valence-corrected chi connectivity index (χ0v) is 18.9. The van der Waals surface area contributed by atoms with Crippen LogP contribution in [0.25, 0.3) is 5.65 Å². The van der Waals surface area contributed by atoms with E-state index in [1.54, 1.807) is 16.8 Å². The van der Waals surface area contributed by atoms with E-state index in [4.69, 9.17) is 4.98 Å². The number of carbonyl (C=O) groups excluding carboxylic acids is 1. The number of aromatic hydroxyl groups is 1. The van der Waals surface area contributed by atoms with E-state index in [1.165, 1.54) is 12.3 Å². The minimum atomic E-state index is -0.496. The molecule has 1 aliphatic heterocycles. The molecule has 0 aromatic carbocycles. The Labute approximate surface area is 187 Å². The molecule has 31 heavy (non-hydrogen) atoms. The molecule has 0 bridgehead atoms. The van der Waals surface area contributed by atoms with Gasteiger partial charge < -0.3 is 15.3 Å². The van der Waals surface area contributed by atoms with Gasteiger partial charge in [-0.05, 0) is 30.4 Å². The number of rotatable bonds is 6. The molecule has 0 spiro atoms. The van der Waals surface area contributed by atoms with Gasteiger partial charge in [-0.1, -0.05) is 29.8 Å². The van der Waals surface area contributed by atoms with Crippen LogP contribution in [0.1, 0.15) is 48.7 Å². The summed E-state index contributed by atoms with van der Waals surface area (Å²) >= 11 is 3.46. The monoisotopic (exact) mass is 490 g/mol. The number of halogens is 2. The van der Waals surface area contributed by atoms with Crippen molar-refractivity contribution in [1.82, 2.24) is 24.9 Å². The van der Waals surface area contributed by atoms with Crippen molar-refractivity contribution >= 4 is 33.3 Å². The Hall–Kier alpha value is -2.75. The molecule has 4 heterocycles. The normalized spacial score (nSPS) is 16.8. The number of pyridine rings is 1. The van der Waals surface area contributed by atoms with Crippen LogP contribution in [-0.4, -0.2) is 49.0 Å². The first-order chi connectivity index (χ1) is 14.8. The predicted molar refractivity (Wildman–Crippen MR) is 118 cm³/mol. The summed E-state index contributed by atoms with van der Waals surface area (Å²) in [6.07, 6.45) is 5.85. The van der Waals surface area contributed by atoms with Gasteiger partial charge in [0.1, 0.15) is 17.2 Å². The van der Waals surface area contributed by atoms with E-state index < -0.39 is 5.82 Å². The van der Waals surface area contributed by atoms with Gasteiger partial charge in [-0.15, -0.1) is 0 Å². The summed E-state index contributed by atoms with van der Waals surface area (Å²) in [6, 6.07) is 2.86. The lowest BCUT2D eigenvalue weighted by molar-refractivity contribution is 0.0941. The zero-order valence-electron chi connectivity index (χ0n) is 17.3. The van der Waals surface area contributed by atoms with Crippen LogP contribution in [0.15, 0.2) is 30.7 Å². The molecule has 1 fully saturated rings. The molecule has 164 valence electrons. The summed E-state index contributed by atoms with van der Waals surface area (Å²) in [6.45, 7) is 5.31. The molecule has 8 nitrogen and oxygen atoms in total. The standard InChI is InChI=1S/C21H24BrFN6O2/c1-21(2,11-22)12-25-20(31)15-10-26-29-7-5-17(27-18(15)29)28-6-3-4-16(28)14-8-13(23)9-24-19(14)30/h5,7-10,16H,3-4,6,11-12H2,1-2H3,(H,24,30)(H,25,31). The minimum Gasteiger partial charge on any atom is -0.493 e. The Morgan fingerprint density at radius 3 is 3.00 bits per heavy atom. The van der Waals surface area contributed by atoms with Crippen LogP contribution in [-0.2, 0) is 0 Å². The van der Waals surface area contributed by atoms with E-state index in [9.17, 15) is 14.3 Å². The Bertz CT molecular complexity index is 1120. The second-order valence-corrected chi connectivity index (χ2v) is 9.07. The second-order valence-electron chi connectivity index (χ2n) is 8.51. The third kappa shape index (κ3) is 4.34. The maximum atomic E-state index is 13.8. The molecule has 4 rings (SSSR count). The number of aromatic nitrogens is 4. The van der Waals surface area contributed by atoms with Gasteiger partial charge in [0.25, 0.3) is 5.91 Å². The van der Waals surface area contributed by atoms with Crippen molar-refractivity contribution in [2.45, 2.75) is 32.7 Å². The first-order valence-corrected chi connectivity index (χ1v) is 11.2. The fourth-order valence-electron chi connectivity index (χ4n) is 3.70. The third-order valence-corrected chi connectivity index (χ3v) is 6.97. The Morgan fingerprint density at radius 2 is 2.23 bits per heavy atom. The van der Waals surface area contributed by atoms with E-state index >= 15 is 0 Å². The average molecular weight is 491 g/mol. The van der Waals surface area contributed by atoms with Crippen molar-refractivity contribution < 1.29 is 14.3 Å². The van der Waals surface area contributed by atoms with Gasteiger partial charge >= 0.3 is 0 Å². The minimum absolute atomic E-state index is 0.0824. The van der Waals surface area contributed by atoms with Gasteiger partial charge in [0.15, 0.2) is 5.65 Å². The number of alkyl halides is 1. The maximum absolute atomic E-state index is 13.8. The van der Waals surface area contributed by atoms with Crippen LogP contribution in [0.5, 0.6) is 5.88 Å². The van der Waals surface area contributed by atoms with E-state index in [2.05, 4.69) is 45.2 Å². The molecule has 3 aromatic heterocycles. The van der Waals surface area contributed by atoms with Crippen molar-refractivity contribution in [2.24, 2.45) is 5.41 Å². The molecule has 0 saturated carbocycles. The number of anilines is 1. The molecule has 1 aliphatic rings. The van der Waals surface area contributed by atoms with Crippen LogP contribution in [0, 0.1) is 11.2 Å². The lowest BCUT2D eigenvalue weighted by Crippen LogP contribution is -2.34. The number of nitrogens with zero attached hydrogens (tertiary/aromatic N) is 5. The highest BCUT2D eigenvalue weighted by Crippen LogP contribution is 2.38. The highest BCUT2D eigenvalue weighted by atomic mass is 79.9. The van der Waals surface area contributed by atoms with E-state index in [-0.39, 0.29) is 23.2 Å². The van der Waals surface area contributed by atoms with E-state index in [0.717, 1.165) is 24.4 Å². The van der Waals surface area contributed by atoms with Gasteiger partial charge in [-0.25, -0.2) is 18.9 Å². The van der Waals surface area contributed by atoms with Gasteiger partial charge in [-0.2, -0.15) is 5.10 Å².